The standard InChI is InChI=1S/C8H9O/c1-2-4-8-7(3-1)5-6-9-8/h1,3-4,7-8H,5-6H2. The monoisotopic (exact) mass is 121 g/mol. The smallest absolute Gasteiger partial charge is 0.0828 e. The van der Waals surface area contributed by atoms with Gasteiger partial charge >= 0.3 is 0 Å². The number of hydrogen-bond acceptors (Lipinski definition) is 1. The van der Waals surface area contributed by atoms with E-state index in [1.165, 1.54) is 6.42 Å². The van der Waals surface area contributed by atoms with Crippen molar-refractivity contribution < 1.29 is 4.74 Å². The van der Waals surface area contributed by atoms with Crippen LogP contribution in [0.5, 0.6) is 0 Å². The Balaban J connectivity index is 2.18. The number of allylic oxidation sites excluding steroid dienone is 2. The molecular formula is C8H9O. The van der Waals surface area contributed by atoms with E-state index in [4.69, 9.17) is 4.74 Å². The summed E-state index contributed by atoms with van der Waals surface area (Å²) in [5.41, 5.74) is 0. The van der Waals surface area contributed by atoms with Crippen LogP contribution in [0.15, 0.2) is 18.2 Å². The fourth-order valence-corrected chi connectivity index (χ4v) is 1.34. The van der Waals surface area contributed by atoms with Crippen LogP contribution in [0.25, 0.3) is 0 Å². The Kier molecular flexibility index (Phi) is 1.16. The molecule has 47 valence electrons. The summed E-state index contributed by atoms with van der Waals surface area (Å²) in [5, 5.41) is 0. The average molecular weight is 121 g/mol. The third-order valence-corrected chi connectivity index (χ3v) is 1.88. The van der Waals surface area contributed by atoms with Crippen LogP contribution in [-0.4, -0.2) is 12.7 Å². The number of ether oxygens (including phenoxy) is 1. The van der Waals surface area contributed by atoms with Crippen LogP contribution in [0.4, 0.5) is 0 Å². The average Bonchev–Trinajstić information content (AvgIpc) is 2.33. The number of fused-ring (bicyclic) bond motifs is 1. The van der Waals surface area contributed by atoms with Crippen molar-refractivity contribution in [2.45, 2.75) is 12.5 Å². The molecule has 0 spiro atoms. The molecule has 1 aliphatic carbocycles. The molecule has 0 aromatic heterocycles. The quantitative estimate of drug-likeness (QED) is 0.469. The van der Waals surface area contributed by atoms with E-state index in [1.54, 1.807) is 0 Å². The summed E-state index contributed by atoms with van der Waals surface area (Å²) < 4.78 is 5.39. The highest BCUT2D eigenvalue weighted by Crippen LogP contribution is 2.25. The van der Waals surface area contributed by atoms with Crippen molar-refractivity contribution in [3.8, 4) is 0 Å². The molecule has 2 unspecified atom stereocenters. The van der Waals surface area contributed by atoms with Crippen LogP contribution in [0, 0.1) is 12.0 Å². The van der Waals surface area contributed by atoms with Gasteiger partial charge in [-0.2, -0.15) is 0 Å². The second-order valence-corrected chi connectivity index (χ2v) is 2.48. The third-order valence-electron chi connectivity index (χ3n) is 1.88. The first-order valence-electron chi connectivity index (χ1n) is 3.34. The molecule has 1 fully saturated rings. The van der Waals surface area contributed by atoms with Crippen molar-refractivity contribution in [3.63, 3.8) is 0 Å². The summed E-state index contributed by atoms with van der Waals surface area (Å²) in [5.74, 6) is 0.645. The molecule has 0 bridgehead atoms. The van der Waals surface area contributed by atoms with E-state index in [1.807, 2.05) is 12.2 Å². The van der Waals surface area contributed by atoms with Crippen molar-refractivity contribution in [3.05, 3.63) is 24.3 Å². The van der Waals surface area contributed by atoms with Crippen LogP contribution in [0.3, 0.4) is 0 Å². The Hall–Kier alpha value is -0.560. The van der Waals surface area contributed by atoms with Crippen LogP contribution in [-0.2, 0) is 4.74 Å². The molecule has 0 N–H and O–H groups in total. The highest BCUT2D eigenvalue weighted by molar-refractivity contribution is 5.12. The fourth-order valence-electron chi connectivity index (χ4n) is 1.34. The van der Waals surface area contributed by atoms with Gasteiger partial charge in [0, 0.05) is 12.5 Å². The zero-order valence-corrected chi connectivity index (χ0v) is 5.21. The minimum Gasteiger partial charge on any atom is -0.373 e. The van der Waals surface area contributed by atoms with E-state index in [0.717, 1.165) is 6.61 Å². The van der Waals surface area contributed by atoms with Crippen molar-refractivity contribution in [2.75, 3.05) is 6.61 Å². The van der Waals surface area contributed by atoms with E-state index in [2.05, 4.69) is 12.2 Å². The molecule has 0 amide bonds. The number of rotatable bonds is 0. The van der Waals surface area contributed by atoms with Gasteiger partial charge in [0.1, 0.15) is 0 Å². The molecule has 1 aliphatic heterocycles. The van der Waals surface area contributed by atoms with Gasteiger partial charge in [-0.1, -0.05) is 12.2 Å². The molecular weight excluding hydrogens is 112 g/mol. The second-order valence-electron chi connectivity index (χ2n) is 2.48. The zero-order chi connectivity index (χ0) is 6.10. The zero-order valence-electron chi connectivity index (χ0n) is 5.21. The van der Waals surface area contributed by atoms with E-state index >= 15 is 0 Å². The van der Waals surface area contributed by atoms with Gasteiger partial charge in [0.25, 0.3) is 0 Å². The summed E-state index contributed by atoms with van der Waals surface area (Å²) >= 11 is 0. The van der Waals surface area contributed by atoms with Gasteiger partial charge in [0.15, 0.2) is 0 Å². The fraction of sp³-hybridized carbons (Fsp3) is 0.500. The first-order chi connectivity index (χ1) is 4.47. The Labute approximate surface area is 55.0 Å². The van der Waals surface area contributed by atoms with Gasteiger partial charge in [-0.25, -0.2) is 0 Å². The maximum Gasteiger partial charge on any atom is 0.0828 e. The van der Waals surface area contributed by atoms with Gasteiger partial charge in [-0.3, -0.25) is 0 Å². The van der Waals surface area contributed by atoms with Crippen LogP contribution in [0.2, 0.25) is 0 Å². The van der Waals surface area contributed by atoms with Gasteiger partial charge in [-0.15, -0.1) is 0 Å². The predicted molar refractivity (Wildman–Crippen MR) is 34.8 cm³/mol. The van der Waals surface area contributed by atoms with E-state index < -0.39 is 0 Å². The van der Waals surface area contributed by atoms with Gasteiger partial charge < -0.3 is 4.74 Å². The van der Waals surface area contributed by atoms with Gasteiger partial charge in [0.05, 0.1) is 6.10 Å². The lowest BCUT2D eigenvalue weighted by Gasteiger charge is -2.11. The molecule has 1 radical (unpaired) electrons. The largest absolute Gasteiger partial charge is 0.373 e. The third kappa shape index (κ3) is 0.815. The molecule has 0 aromatic carbocycles. The minimum absolute atomic E-state index is 0.343. The van der Waals surface area contributed by atoms with E-state index in [-0.39, 0.29) is 0 Å². The summed E-state index contributed by atoms with van der Waals surface area (Å²) in [6.07, 6.45) is 10.7. The number of hydrogen-bond donors (Lipinski definition) is 0. The molecule has 0 saturated carbocycles. The molecule has 0 aromatic rings. The van der Waals surface area contributed by atoms with Crippen LogP contribution < -0.4 is 0 Å². The minimum atomic E-state index is 0.343. The van der Waals surface area contributed by atoms with Crippen LogP contribution in [0.1, 0.15) is 6.42 Å². The molecule has 2 aliphatic rings. The summed E-state index contributed by atoms with van der Waals surface area (Å²) in [7, 11) is 0. The maximum absolute atomic E-state index is 5.39. The lowest BCUT2D eigenvalue weighted by molar-refractivity contribution is 0.134. The molecule has 2 rings (SSSR count). The van der Waals surface area contributed by atoms with Crippen molar-refractivity contribution >= 4 is 0 Å². The molecule has 1 heteroatoms. The normalized spacial score (nSPS) is 39.1. The van der Waals surface area contributed by atoms with Crippen LogP contribution >= 0.6 is 0 Å². The molecule has 1 heterocycles. The van der Waals surface area contributed by atoms with E-state index in [9.17, 15) is 0 Å². The maximum atomic E-state index is 5.39. The Bertz CT molecular complexity index is 140. The SMILES string of the molecule is [C]1=CC2OCCC2C=C1. The van der Waals surface area contributed by atoms with Gasteiger partial charge in [-0.05, 0) is 18.6 Å². The first-order valence-corrected chi connectivity index (χ1v) is 3.34. The summed E-state index contributed by atoms with van der Waals surface area (Å²) in [4.78, 5) is 0. The Morgan fingerprint density at radius 3 is 3.44 bits per heavy atom. The Morgan fingerprint density at radius 2 is 2.56 bits per heavy atom. The summed E-state index contributed by atoms with van der Waals surface area (Å²) in [6.45, 7) is 0.915. The molecule has 2 atom stereocenters. The second kappa shape index (κ2) is 1.99. The van der Waals surface area contributed by atoms with Crippen molar-refractivity contribution in [2.24, 2.45) is 5.92 Å². The van der Waals surface area contributed by atoms with E-state index in [0.29, 0.717) is 12.0 Å². The lowest BCUT2D eigenvalue weighted by atomic mass is 9.97. The molecule has 1 saturated heterocycles. The molecule has 1 nitrogen and oxygen atoms in total. The van der Waals surface area contributed by atoms with Crippen molar-refractivity contribution in [1.29, 1.82) is 0 Å². The summed E-state index contributed by atoms with van der Waals surface area (Å²) in [6, 6.07) is 0. The lowest BCUT2D eigenvalue weighted by Crippen LogP contribution is -2.12. The highest BCUT2D eigenvalue weighted by Gasteiger charge is 2.24. The molecule has 9 heavy (non-hydrogen) atoms. The predicted octanol–water partition coefficient (Wildman–Crippen LogP) is 1.32. The first kappa shape index (κ1) is 5.24. The highest BCUT2D eigenvalue weighted by atomic mass is 16.5. The topological polar surface area (TPSA) is 9.23 Å². The van der Waals surface area contributed by atoms with Gasteiger partial charge in [0.2, 0.25) is 0 Å². The van der Waals surface area contributed by atoms with Crippen molar-refractivity contribution in [1.82, 2.24) is 0 Å². The Morgan fingerprint density at radius 1 is 1.56 bits per heavy atom.